The van der Waals surface area contributed by atoms with Crippen molar-refractivity contribution in [1.82, 2.24) is 15.4 Å². The van der Waals surface area contributed by atoms with Gasteiger partial charge in [0, 0.05) is 19.5 Å². The van der Waals surface area contributed by atoms with E-state index < -0.39 is 0 Å². The summed E-state index contributed by atoms with van der Waals surface area (Å²) in [5.41, 5.74) is 0.738. The molecule has 1 fully saturated rings. The molecule has 7 nitrogen and oxygen atoms in total. The monoisotopic (exact) mass is 308 g/mol. The fraction of sp³-hybridized carbons (Fsp3) is 0.667. The largest absolute Gasteiger partial charge is 0.356 e. The minimum absolute atomic E-state index is 0.0116. The lowest BCUT2D eigenvalue weighted by Crippen LogP contribution is -2.47. The first-order valence-electron chi connectivity index (χ1n) is 7.68. The summed E-state index contributed by atoms with van der Waals surface area (Å²) in [6.07, 6.45) is 1.97. The van der Waals surface area contributed by atoms with E-state index in [9.17, 15) is 9.59 Å². The summed E-state index contributed by atoms with van der Waals surface area (Å²) in [7, 11) is 0. The van der Waals surface area contributed by atoms with Crippen molar-refractivity contribution in [3.8, 4) is 0 Å². The first-order chi connectivity index (χ1) is 10.5. The number of piperidine rings is 1. The number of nitrogens with one attached hydrogen (secondary N) is 2. The Morgan fingerprint density at radius 2 is 2.14 bits per heavy atom. The minimum atomic E-state index is -0.216. The maximum absolute atomic E-state index is 12.2. The van der Waals surface area contributed by atoms with Crippen LogP contribution in [-0.4, -0.2) is 47.5 Å². The van der Waals surface area contributed by atoms with E-state index in [2.05, 4.69) is 20.7 Å². The van der Waals surface area contributed by atoms with Crippen LogP contribution in [0.5, 0.6) is 0 Å². The van der Waals surface area contributed by atoms with Crippen LogP contribution >= 0.6 is 0 Å². The van der Waals surface area contributed by atoms with Gasteiger partial charge in [0.05, 0.1) is 11.7 Å². The Morgan fingerprint density at radius 1 is 1.45 bits per heavy atom. The minimum Gasteiger partial charge on any atom is -0.356 e. The van der Waals surface area contributed by atoms with E-state index >= 15 is 0 Å². The van der Waals surface area contributed by atoms with E-state index in [-0.39, 0.29) is 17.9 Å². The zero-order valence-electron chi connectivity index (χ0n) is 13.4. The van der Waals surface area contributed by atoms with Crippen molar-refractivity contribution in [3.63, 3.8) is 0 Å². The molecular formula is C15H24N4O3. The number of nitrogens with zero attached hydrogens (tertiary/aromatic N) is 2. The second kappa shape index (κ2) is 7.40. The lowest BCUT2D eigenvalue weighted by atomic mass is 9.95. The predicted molar refractivity (Wildman–Crippen MR) is 82.3 cm³/mol. The Morgan fingerprint density at radius 3 is 2.68 bits per heavy atom. The number of carbonyl (C=O) groups excluding carboxylic acids is 2. The number of aryl methyl sites for hydroxylation is 1. The second-order valence-electron chi connectivity index (χ2n) is 5.91. The molecule has 0 saturated carbocycles. The standard InChI is InChI=1S/C15H24N4O3/c1-10-8-14(22-18-10)17-15(21)11(2)19-6-4-13(5-7-19)9-16-12(3)20/h8,11,13H,4-7,9H2,1-3H3,(H,16,20)(H,17,21)/t11-/m0/s1. The Balaban J connectivity index is 1.77. The molecule has 1 aliphatic rings. The second-order valence-corrected chi connectivity index (χ2v) is 5.91. The maximum Gasteiger partial charge on any atom is 0.243 e. The molecule has 2 rings (SSSR count). The SMILES string of the molecule is CC(=O)NCC1CCN([C@@H](C)C(=O)Nc2cc(C)no2)CC1. The summed E-state index contributed by atoms with van der Waals surface area (Å²) < 4.78 is 5.00. The molecule has 2 N–H and O–H groups in total. The lowest BCUT2D eigenvalue weighted by Gasteiger charge is -2.35. The van der Waals surface area contributed by atoms with Crippen LogP contribution in [0.4, 0.5) is 5.88 Å². The van der Waals surface area contributed by atoms with Gasteiger partial charge in [-0.05, 0) is 45.7 Å². The zero-order chi connectivity index (χ0) is 16.1. The third-order valence-corrected chi connectivity index (χ3v) is 4.09. The Bertz CT molecular complexity index is 521. The van der Waals surface area contributed by atoms with Crippen LogP contribution in [0.1, 0.15) is 32.4 Å². The number of aromatic nitrogens is 1. The molecule has 1 aromatic rings. The molecule has 1 atom stereocenters. The first-order valence-corrected chi connectivity index (χ1v) is 7.68. The number of hydrogen-bond acceptors (Lipinski definition) is 5. The molecule has 1 aliphatic heterocycles. The van der Waals surface area contributed by atoms with E-state index in [4.69, 9.17) is 4.52 Å². The van der Waals surface area contributed by atoms with Gasteiger partial charge in [0.15, 0.2) is 0 Å². The van der Waals surface area contributed by atoms with Gasteiger partial charge in [-0.25, -0.2) is 0 Å². The molecule has 1 aromatic heterocycles. The smallest absolute Gasteiger partial charge is 0.243 e. The number of likely N-dealkylation sites (tertiary alicyclic amines) is 1. The highest BCUT2D eigenvalue weighted by Gasteiger charge is 2.27. The highest BCUT2D eigenvalue weighted by Crippen LogP contribution is 2.19. The van der Waals surface area contributed by atoms with Crippen LogP contribution in [0, 0.1) is 12.8 Å². The van der Waals surface area contributed by atoms with E-state index in [1.807, 2.05) is 13.8 Å². The highest BCUT2D eigenvalue weighted by atomic mass is 16.5. The van der Waals surface area contributed by atoms with Gasteiger partial charge in [-0.1, -0.05) is 5.16 Å². The fourth-order valence-corrected chi connectivity index (χ4v) is 2.65. The van der Waals surface area contributed by atoms with E-state index in [0.29, 0.717) is 11.8 Å². The van der Waals surface area contributed by atoms with Crippen LogP contribution in [0.25, 0.3) is 0 Å². The third-order valence-electron chi connectivity index (χ3n) is 4.09. The molecule has 1 saturated heterocycles. The van der Waals surface area contributed by atoms with Gasteiger partial charge in [0.1, 0.15) is 0 Å². The topological polar surface area (TPSA) is 87.5 Å². The van der Waals surface area contributed by atoms with Crippen molar-refractivity contribution < 1.29 is 14.1 Å². The summed E-state index contributed by atoms with van der Waals surface area (Å²) in [5, 5.41) is 9.35. The third kappa shape index (κ3) is 4.56. The first kappa shape index (κ1) is 16.5. The summed E-state index contributed by atoms with van der Waals surface area (Å²) in [4.78, 5) is 25.3. The molecule has 0 unspecified atom stereocenters. The molecule has 0 aromatic carbocycles. The highest BCUT2D eigenvalue weighted by molar-refractivity contribution is 5.93. The molecule has 0 radical (unpaired) electrons. The summed E-state index contributed by atoms with van der Waals surface area (Å²) in [6, 6.07) is 1.48. The maximum atomic E-state index is 12.2. The Hall–Kier alpha value is -1.89. The van der Waals surface area contributed by atoms with Crippen molar-refractivity contribution in [3.05, 3.63) is 11.8 Å². The number of anilines is 1. The molecule has 7 heteroatoms. The van der Waals surface area contributed by atoms with Crippen molar-refractivity contribution in [2.75, 3.05) is 25.0 Å². The lowest BCUT2D eigenvalue weighted by molar-refractivity contribution is -0.121. The number of amides is 2. The Labute approximate surface area is 130 Å². The number of rotatable bonds is 5. The van der Waals surface area contributed by atoms with Gasteiger partial charge in [0.2, 0.25) is 17.7 Å². The fourth-order valence-electron chi connectivity index (χ4n) is 2.65. The average Bonchev–Trinajstić information content (AvgIpc) is 2.90. The van der Waals surface area contributed by atoms with Crippen LogP contribution in [-0.2, 0) is 9.59 Å². The van der Waals surface area contributed by atoms with Crippen molar-refractivity contribution in [2.45, 2.75) is 39.7 Å². The molecule has 0 bridgehead atoms. The zero-order valence-corrected chi connectivity index (χ0v) is 13.4. The molecule has 0 aliphatic carbocycles. The predicted octanol–water partition coefficient (Wildman–Crippen LogP) is 1.16. The van der Waals surface area contributed by atoms with Crippen LogP contribution < -0.4 is 10.6 Å². The van der Waals surface area contributed by atoms with Gasteiger partial charge in [-0.3, -0.25) is 19.8 Å². The average molecular weight is 308 g/mol. The summed E-state index contributed by atoms with van der Waals surface area (Å²) >= 11 is 0. The molecule has 22 heavy (non-hydrogen) atoms. The van der Waals surface area contributed by atoms with Crippen LogP contribution in [0.2, 0.25) is 0 Å². The van der Waals surface area contributed by atoms with Gasteiger partial charge >= 0.3 is 0 Å². The van der Waals surface area contributed by atoms with Crippen LogP contribution in [0.3, 0.4) is 0 Å². The molecule has 122 valence electrons. The van der Waals surface area contributed by atoms with Crippen molar-refractivity contribution >= 4 is 17.7 Å². The van der Waals surface area contributed by atoms with E-state index in [0.717, 1.165) is 38.2 Å². The van der Waals surface area contributed by atoms with Crippen LogP contribution in [0.15, 0.2) is 10.6 Å². The molecular weight excluding hydrogens is 284 g/mol. The summed E-state index contributed by atoms with van der Waals surface area (Å²) in [5.74, 6) is 0.802. The quantitative estimate of drug-likeness (QED) is 0.852. The Kier molecular flexibility index (Phi) is 5.54. The van der Waals surface area contributed by atoms with Crippen molar-refractivity contribution in [2.24, 2.45) is 5.92 Å². The van der Waals surface area contributed by atoms with E-state index in [1.54, 1.807) is 6.07 Å². The van der Waals surface area contributed by atoms with Crippen molar-refractivity contribution in [1.29, 1.82) is 0 Å². The van der Waals surface area contributed by atoms with Gasteiger partial charge in [-0.2, -0.15) is 0 Å². The summed E-state index contributed by atoms with van der Waals surface area (Å²) in [6.45, 7) is 7.67. The van der Waals surface area contributed by atoms with Gasteiger partial charge in [-0.15, -0.1) is 0 Å². The number of hydrogen-bond donors (Lipinski definition) is 2. The molecule has 2 heterocycles. The normalized spacial score (nSPS) is 18.0. The van der Waals surface area contributed by atoms with E-state index in [1.165, 1.54) is 6.92 Å². The molecule has 2 amide bonds. The van der Waals surface area contributed by atoms with Gasteiger partial charge in [0.25, 0.3) is 0 Å². The van der Waals surface area contributed by atoms with Gasteiger partial charge < -0.3 is 9.84 Å². The number of carbonyl (C=O) groups is 2. The molecule has 0 spiro atoms.